The third-order valence-electron chi connectivity index (χ3n) is 1.93. The molecule has 0 unspecified atom stereocenters. The molecule has 0 radical (unpaired) electrons. The summed E-state index contributed by atoms with van der Waals surface area (Å²) in [6.45, 7) is 0. The molecule has 1 rings (SSSR count). The number of hydrogen-bond donors (Lipinski definition) is 1. The smallest absolute Gasteiger partial charge is 0.148 e. The predicted octanol–water partition coefficient (Wildman–Crippen LogP) is 2.31. The molecule has 1 aromatic rings. The Morgan fingerprint density at radius 1 is 1.44 bits per heavy atom. The summed E-state index contributed by atoms with van der Waals surface area (Å²) in [6.07, 6.45) is 1.26. The van der Waals surface area contributed by atoms with Gasteiger partial charge in [-0.3, -0.25) is 0 Å². The summed E-state index contributed by atoms with van der Waals surface area (Å²) in [5, 5.41) is 0. The van der Waals surface area contributed by atoms with Crippen LogP contribution >= 0.6 is 27.7 Å². The lowest BCUT2D eigenvalue weighted by Crippen LogP contribution is -2.05. The van der Waals surface area contributed by atoms with Crippen LogP contribution in [-0.2, 0) is 15.6 Å². The van der Waals surface area contributed by atoms with E-state index in [9.17, 15) is 8.42 Å². The van der Waals surface area contributed by atoms with E-state index in [1.54, 1.807) is 11.8 Å². The molecule has 0 aliphatic carbocycles. The number of hydrogen-bond acceptors (Lipinski definition) is 4. The highest BCUT2D eigenvalue weighted by molar-refractivity contribution is 9.10. The van der Waals surface area contributed by atoms with Gasteiger partial charge in [-0.05, 0) is 33.6 Å². The zero-order valence-electron chi connectivity index (χ0n) is 8.94. The zero-order valence-corrected chi connectivity index (χ0v) is 12.2. The van der Waals surface area contributed by atoms with Gasteiger partial charge in [0.05, 0.1) is 5.75 Å². The quantitative estimate of drug-likeness (QED) is 0.667. The topological polar surface area (TPSA) is 60.2 Å². The third kappa shape index (κ3) is 5.23. The fourth-order valence-electron chi connectivity index (χ4n) is 1.08. The average Bonchev–Trinajstić information content (AvgIpc) is 2.17. The Morgan fingerprint density at radius 3 is 2.69 bits per heavy atom. The Kier molecular flexibility index (Phi) is 5.14. The summed E-state index contributed by atoms with van der Waals surface area (Å²) >= 11 is 4.92. The first-order valence-corrected chi connectivity index (χ1v) is 8.69. The minimum Gasteiger partial charge on any atom is -0.398 e. The van der Waals surface area contributed by atoms with Crippen LogP contribution in [0.2, 0.25) is 0 Å². The molecule has 0 saturated heterocycles. The minimum absolute atomic E-state index is 0.226. The van der Waals surface area contributed by atoms with E-state index in [0.717, 1.165) is 15.8 Å². The van der Waals surface area contributed by atoms with Gasteiger partial charge in [0.25, 0.3) is 0 Å². The van der Waals surface area contributed by atoms with Gasteiger partial charge < -0.3 is 5.73 Å². The highest BCUT2D eigenvalue weighted by atomic mass is 79.9. The van der Waals surface area contributed by atoms with Gasteiger partial charge in [-0.2, -0.15) is 11.8 Å². The Hall–Kier alpha value is -0.200. The van der Waals surface area contributed by atoms with Gasteiger partial charge in [-0.15, -0.1) is 0 Å². The van der Waals surface area contributed by atoms with Gasteiger partial charge in [0.2, 0.25) is 0 Å². The number of nitrogens with two attached hydrogens (primary N) is 1. The van der Waals surface area contributed by atoms with Crippen LogP contribution in [0.15, 0.2) is 22.7 Å². The molecule has 0 amide bonds. The molecule has 0 bridgehead atoms. The molecule has 0 heterocycles. The van der Waals surface area contributed by atoms with Crippen LogP contribution in [0, 0.1) is 0 Å². The lowest BCUT2D eigenvalue weighted by Gasteiger charge is -2.04. The van der Waals surface area contributed by atoms with Crippen LogP contribution in [0.1, 0.15) is 5.56 Å². The molecule has 0 saturated carbocycles. The van der Waals surface area contributed by atoms with Gasteiger partial charge >= 0.3 is 0 Å². The van der Waals surface area contributed by atoms with Crippen molar-refractivity contribution in [3.63, 3.8) is 0 Å². The number of halogens is 1. The maximum atomic E-state index is 10.9. The first-order valence-electron chi connectivity index (χ1n) is 4.68. The number of benzene rings is 1. The molecule has 0 aliphatic heterocycles. The van der Waals surface area contributed by atoms with Crippen LogP contribution in [-0.4, -0.2) is 26.2 Å². The summed E-state index contributed by atoms with van der Waals surface area (Å²) in [6, 6.07) is 5.78. The number of nitrogen functional groups attached to an aromatic ring is 1. The highest BCUT2D eigenvalue weighted by Gasteiger charge is 2.02. The van der Waals surface area contributed by atoms with E-state index in [2.05, 4.69) is 15.9 Å². The molecule has 3 nitrogen and oxygen atoms in total. The van der Waals surface area contributed by atoms with Gasteiger partial charge in [0, 0.05) is 27.9 Å². The van der Waals surface area contributed by atoms with E-state index in [-0.39, 0.29) is 5.75 Å². The van der Waals surface area contributed by atoms with Crippen molar-refractivity contribution in [1.82, 2.24) is 0 Å². The molecule has 2 N–H and O–H groups in total. The van der Waals surface area contributed by atoms with Gasteiger partial charge in [-0.1, -0.05) is 6.07 Å². The molecule has 90 valence electrons. The van der Waals surface area contributed by atoms with Crippen molar-refractivity contribution in [3.8, 4) is 0 Å². The Morgan fingerprint density at radius 2 is 2.12 bits per heavy atom. The fraction of sp³-hybridized carbons (Fsp3) is 0.400. The standard InChI is InChI=1S/C10H14BrNO2S2/c1-16(13,14)5-4-15-7-8-2-3-9(11)10(12)6-8/h2-3,6H,4-5,7,12H2,1H3. The van der Waals surface area contributed by atoms with E-state index in [1.165, 1.54) is 6.26 Å². The Balaban J connectivity index is 2.41. The van der Waals surface area contributed by atoms with Crippen LogP contribution in [0.4, 0.5) is 5.69 Å². The van der Waals surface area contributed by atoms with E-state index in [1.807, 2.05) is 18.2 Å². The Labute approximate surface area is 109 Å². The number of sulfone groups is 1. The minimum atomic E-state index is -2.85. The Bertz CT molecular complexity index is 460. The van der Waals surface area contributed by atoms with Crippen LogP contribution in [0.25, 0.3) is 0 Å². The van der Waals surface area contributed by atoms with Gasteiger partial charge in [0.1, 0.15) is 9.84 Å². The van der Waals surface area contributed by atoms with Crippen molar-refractivity contribution in [3.05, 3.63) is 28.2 Å². The van der Waals surface area contributed by atoms with Crippen LogP contribution < -0.4 is 5.73 Å². The molecule has 0 aliphatic rings. The maximum absolute atomic E-state index is 10.9. The third-order valence-corrected chi connectivity index (χ3v) is 4.88. The average molecular weight is 324 g/mol. The van der Waals surface area contributed by atoms with Crippen molar-refractivity contribution in [1.29, 1.82) is 0 Å². The molecular formula is C10H14BrNO2S2. The molecule has 0 atom stereocenters. The number of anilines is 1. The van der Waals surface area contributed by atoms with Crippen molar-refractivity contribution in [2.45, 2.75) is 5.75 Å². The maximum Gasteiger partial charge on any atom is 0.148 e. The second-order valence-corrected chi connectivity index (χ2v) is 7.76. The lowest BCUT2D eigenvalue weighted by atomic mass is 10.2. The second-order valence-electron chi connectivity index (χ2n) is 3.54. The molecule has 16 heavy (non-hydrogen) atoms. The molecule has 6 heteroatoms. The normalized spacial score (nSPS) is 11.6. The van der Waals surface area contributed by atoms with Crippen molar-refractivity contribution in [2.75, 3.05) is 23.5 Å². The lowest BCUT2D eigenvalue weighted by molar-refractivity contribution is 0.603. The fourth-order valence-corrected chi connectivity index (χ4v) is 3.57. The second kappa shape index (κ2) is 5.93. The van der Waals surface area contributed by atoms with Crippen LogP contribution in [0.5, 0.6) is 0 Å². The molecule has 1 aromatic carbocycles. The van der Waals surface area contributed by atoms with Crippen LogP contribution in [0.3, 0.4) is 0 Å². The number of rotatable bonds is 5. The summed E-state index contributed by atoms with van der Waals surface area (Å²) in [5.41, 5.74) is 7.56. The molecular weight excluding hydrogens is 310 g/mol. The first kappa shape index (κ1) is 13.9. The molecule has 0 aromatic heterocycles. The summed E-state index contributed by atoms with van der Waals surface area (Å²) in [7, 11) is -2.85. The van der Waals surface area contributed by atoms with E-state index in [4.69, 9.17) is 5.73 Å². The highest BCUT2D eigenvalue weighted by Crippen LogP contribution is 2.22. The van der Waals surface area contributed by atoms with Crippen molar-refractivity contribution >= 4 is 43.2 Å². The predicted molar refractivity (Wildman–Crippen MR) is 74.4 cm³/mol. The number of thioether (sulfide) groups is 1. The summed E-state index contributed by atoms with van der Waals surface area (Å²) in [5.74, 6) is 1.63. The first-order chi connectivity index (χ1) is 7.38. The van der Waals surface area contributed by atoms with E-state index < -0.39 is 9.84 Å². The zero-order chi connectivity index (χ0) is 12.2. The SMILES string of the molecule is CS(=O)(=O)CCSCc1ccc(Br)c(N)c1. The van der Waals surface area contributed by atoms with E-state index in [0.29, 0.717) is 11.4 Å². The monoisotopic (exact) mass is 323 g/mol. The van der Waals surface area contributed by atoms with E-state index >= 15 is 0 Å². The summed E-state index contributed by atoms with van der Waals surface area (Å²) < 4.78 is 22.7. The molecule has 0 fully saturated rings. The van der Waals surface area contributed by atoms with Crippen molar-refractivity contribution < 1.29 is 8.42 Å². The van der Waals surface area contributed by atoms with Gasteiger partial charge in [-0.25, -0.2) is 8.42 Å². The molecule has 0 spiro atoms. The van der Waals surface area contributed by atoms with Crippen molar-refractivity contribution in [2.24, 2.45) is 0 Å². The summed E-state index contributed by atoms with van der Waals surface area (Å²) in [4.78, 5) is 0. The largest absolute Gasteiger partial charge is 0.398 e. The van der Waals surface area contributed by atoms with Gasteiger partial charge in [0.15, 0.2) is 0 Å².